The number of aromatic hydroxyl groups is 2. The van der Waals surface area contributed by atoms with Crippen LogP contribution in [0.3, 0.4) is 0 Å². The minimum Gasteiger partial charge on any atom is -0.508 e. The number of phenolic OH excluding ortho intramolecular Hbond substituents is 2. The Balaban J connectivity index is 2.59. The average molecular weight is 201 g/mol. The van der Waals surface area contributed by atoms with Crippen molar-refractivity contribution in [3.05, 3.63) is 42.5 Å². The van der Waals surface area contributed by atoms with Gasteiger partial charge in [0.2, 0.25) is 0 Å². The predicted molar refractivity (Wildman–Crippen MR) is 59.6 cm³/mol. The topological polar surface area (TPSA) is 66.5 Å². The highest BCUT2D eigenvalue weighted by Gasteiger charge is 2.05. The number of phenols is 2. The molecule has 4 N–H and O–H groups in total. The zero-order valence-electron chi connectivity index (χ0n) is 8.01. The molecule has 15 heavy (non-hydrogen) atoms. The fraction of sp³-hybridized carbons (Fsp3) is 0. The molecule has 0 spiro atoms. The SMILES string of the molecule is Nc1c(O)cccc1-c1cccc(O)c1. The van der Waals surface area contributed by atoms with E-state index in [2.05, 4.69) is 0 Å². The van der Waals surface area contributed by atoms with Crippen LogP contribution in [0.4, 0.5) is 5.69 Å². The van der Waals surface area contributed by atoms with Gasteiger partial charge in [0.15, 0.2) is 0 Å². The molecule has 2 aromatic rings. The maximum atomic E-state index is 9.44. The lowest BCUT2D eigenvalue weighted by Crippen LogP contribution is -1.90. The quantitative estimate of drug-likeness (QED) is 0.490. The first kappa shape index (κ1) is 9.40. The number of hydrogen-bond acceptors (Lipinski definition) is 3. The second kappa shape index (κ2) is 3.53. The van der Waals surface area contributed by atoms with Crippen molar-refractivity contribution >= 4 is 5.69 Å². The largest absolute Gasteiger partial charge is 0.508 e. The zero-order chi connectivity index (χ0) is 10.8. The molecule has 0 aromatic heterocycles. The first-order valence-electron chi connectivity index (χ1n) is 4.55. The van der Waals surface area contributed by atoms with Gasteiger partial charge in [-0.05, 0) is 23.8 Å². The molecule has 2 aromatic carbocycles. The summed E-state index contributed by atoms with van der Waals surface area (Å²) in [6.45, 7) is 0. The van der Waals surface area contributed by atoms with Gasteiger partial charge in [-0.1, -0.05) is 24.3 Å². The summed E-state index contributed by atoms with van der Waals surface area (Å²) in [6, 6.07) is 11.8. The Morgan fingerprint density at radius 2 is 1.67 bits per heavy atom. The van der Waals surface area contributed by atoms with E-state index in [1.165, 1.54) is 6.07 Å². The summed E-state index contributed by atoms with van der Waals surface area (Å²) in [5.74, 6) is 0.228. The van der Waals surface area contributed by atoms with Crippen molar-refractivity contribution < 1.29 is 10.2 Å². The molecule has 76 valence electrons. The Kier molecular flexibility index (Phi) is 2.21. The van der Waals surface area contributed by atoms with Gasteiger partial charge in [-0.15, -0.1) is 0 Å². The Morgan fingerprint density at radius 3 is 2.40 bits per heavy atom. The van der Waals surface area contributed by atoms with E-state index in [0.717, 1.165) is 5.56 Å². The Labute approximate surface area is 87.4 Å². The van der Waals surface area contributed by atoms with Crippen molar-refractivity contribution in [1.82, 2.24) is 0 Å². The molecule has 0 radical (unpaired) electrons. The highest BCUT2D eigenvalue weighted by atomic mass is 16.3. The second-order valence-electron chi connectivity index (χ2n) is 3.29. The molecule has 0 saturated heterocycles. The molecular weight excluding hydrogens is 190 g/mol. The summed E-state index contributed by atoms with van der Waals surface area (Å²) in [7, 11) is 0. The molecule has 0 aliphatic carbocycles. The number of anilines is 1. The first-order valence-corrected chi connectivity index (χ1v) is 4.55. The smallest absolute Gasteiger partial charge is 0.139 e. The normalized spacial score (nSPS) is 10.1. The van der Waals surface area contributed by atoms with Gasteiger partial charge in [-0.25, -0.2) is 0 Å². The van der Waals surface area contributed by atoms with Crippen LogP contribution in [0.2, 0.25) is 0 Å². The molecule has 0 bridgehead atoms. The van der Waals surface area contributed by atoms with E-state index in [9.17, 15) is 10.2 Å². The summed E-state index contributed by atoms with van der Waals surface area (Å²) < 4.78 is 0. The van der Waals surface area contributed by atoms with E-state index < -0.39 is 0 Å². The van der Waals surface area contributed by atoms with Crippen molar-refractivity contribution in [3.63, 3.8) is 0 Å². The summed E-state index contributed by atoms with van der Waals surface area (Å²) >= 11 is 0. The van der Waals surface area contributed by atoms with Crippen molar-refractivity contribution in [3.8, 4) is 22.6 Å². The highest BCUT2D eigenvalue weighted by Crippen LogP contribution is 2.33. The maximum absolute atomic E-state index is 9.44. The van der Waals surface area contributed by atoms with Gasteiger partial charge >= 0.3 is 0 Å². The van der Waals surface area contributed by atoms with Crippen molar-refractivity contribution in [2.24, 2.45) is 0 Å². The Morgan fingerprint density at radius 1 is 0.933 bits per heavy atom. The third-order valence-electron chi connectivity index (χ3n) is 2.24. The van der Waals surface area contributed by atoms with E-state index in [1.54, 1.807) is 30.3 Å². The molecular formula is C12H11NO2. The molecule has 0 aliphatic rings. The third-order valence-corrected chi connectivity index (χ3v) is 2.24. The van der Waals surface area contributed by atoms with E-state index in [4.69, 9.17) is 5.73 Å². The number of nitrogen functional groups attached to an aromatic ring is 1. The fourth-order valence-corrected chi connectivity index (χ4v) is 1.48. The molecule has 0 saturated carbocycles. The van der Waals surface area contributed by atoms with Gasteiger partial charge in [0.05, 0.1) is 5.69 Å². The molecule has 0 aliphatic heterocycles. The van der Waals surface area contributed by atoms with Crippen LogP contribution in [-0.4, -0.2) is 10.2 Å². The molecule has 0 fully saturated rings. The molecule has 0 amide bonds. The van der Waals surface area contributed by atoms with Crippen LogP contribution in [0.5, 0.6) is 11.5 Å². The molecule has 2 rings (SSSR count). The molecule has 0 unspecified atom stereocenters. The van der Waals surface area contributed by atoms with Crippen LogP contribution >= 0.6 is 0 Å². The van der Waals surface area contributed by atoms with Gasteiger partial charge in [-0.3, -0.25) is 0 Å². The van der Waals surface area contributed by atoms with Crippen LogP contribution in [0.25, 0.3) is 11.1 Å². The number of rotatable bonds is 1. The van der Waals surface area contributed by atoms with E-state index in [-0.39, 0.29) is 11.5 Å². The van der Waals surface area contributed by atoms with E-state index in [1.807, 2.05) is 6.07 Å². The number of nitrogens with two attached hydrogens (primary N) is 1. The Hall–Kier alpha value is -2.16. The monoisotopic (exact) mass is 201 g/mol. The minimum atomic E-state index is 0.0517. The first-order chi connectivity index (χ1) is 7.18. The number of hydrogen-bond donors (Lipinski definition) is 3. The maximum Gasteiger partial charge on any atom is 0.139 e. The highest BCUT2D eigenvalue weighted by molar-refractivity contribution is 5.80. The minimum absolute atomic E-state index is 0.0517. The van der Waals surface area contributed by atoms with Gasteiger partial charge in [0.1, 0.15) is 11.5 Å². The van der Waals surface area contributed by atoms with Crippen LogP contribution in [-0.2, 0) is 0 Å². The van der Waals surface area contributed by atoms with Crippen LogP contribution < -0.4 is 5.73 Å². The van der Waals surface area contributed by atoms with Crippen molar-refractivity contribution in [2.75, 3.05) is 5.73 Å². The standard InChI is InChI=1S/C12H11NO2/c13-12-10(5-2-6-11(12)15)8-3-1-4-9(14)7-8/h1-7,14-15H,13H2. The van der Waals surface area contributed by atoms with Crippen LogP contribution in [0.1, 0.15) is 0 Å². The summed E-state index contributed by atoms with van der Waals surface area (Å²) in [5.41, 5.74) is 7.55. The van der Waals surface area contributed by atoms with E-state index in [0.29, 0.717) is 11.3 Å². The van der Waals surface area contributed by atoms with Crippen molar-refractivity contribution in [2.45, 2.75) is 0 Å². The zero-order valence-corrected chi connectivity index (χ0v) is 8.01. The predicted octanol–water partition coefficient (Wildman–Crippen LogP) is 2.35. The van der Waals surface area contributed by atoms with Crippen LogP contribution in [0, 0.1) is 0 Å². The average Bonchev–Trinajstić information content (AvgIpc) is 2.22. The lowest BCUT2D eigenvalue weighted by molar-refractivity contribution is 0.475. The fourth-order valence-electron chi connectivity index (χ4n) is 1.48. The summed E-state index contributed by atoms with van der Waals surface area (Å²) in [4.78, 5) is 0. The molecule has 3 heteroatoms. The number of benzene rings is 2. The number of para-hydroxylation sites is 1. The lowest BCUT2D eigenvalue weighted by atomic mass is 10.0. The molecule has 0 atom stereocenters. The third kappa shape index (κ3) is 1.72. The lowest BCUT2D eigenvalue weighted by Gasteiger charge is -2.07. The Bertz CT molecular complexity index is 495. The van der Waals surface area contributed by atoms with E-state index >= 15 is 0 Å². The summed E-state index contributed by atoms with van der Waals surface area (Å²) in [5, 5.41) is 18.8. The van der Waals surface area contributed by atoms with Gasteiger partial charge in [0.25, 0.3) is 0 Å². The van der Waals surface area contributed by atoms with Gasteiger partial charge in [-0.2, -0.15) is 0 Å². The molecule has 3 nitrogen and oxygen atoms in total. The second-order valence-corrected chi connectivity index (χ2v) is 3.29. The van der Waals surface area contributed by atoms with Crippen LogP contribution in [0.15, 0.2) is 42.5 Å². The van der Waals surface area contributed by atoms with Gasteiger partial charge in [0, 0.05) is 5.56 Å². The van der Waals surface area contributed by atoms with Crippen molar-refractivity contribution in [1.29, 1.82) is 0 Å². The van der Waals surface area contributed by atoms with Gasteiger partial charge < -0.3 is 15.9 Å². The molecule has 0 heterocycles. The summed E-state index contributed by atoms with van der Waals surface area (Å²) in [6.07, 6.45) is 0.